The topological polar surface area (TPSA) is 51.8 Å². The van der Waals surface area contributed by atoms with Gasteiger partial charge in [-0.1, -0.05) is 25.1 Å². The molecule has 86 valence electrons. The van der Waals surface area contributed by atoms with Gasteiger partial charge in [-0.05, 0) is 30.2 Å². The van der Waals surface area contributed by atoms with Crippen molar-refractivity contribution in [2.75, 3.05) is 5.73 Å². The summed E-state index contributed by atoms with van der Waals surface area (Å²) in [5, 5.41) is 0. The number of hydrogen-bond donors (Lipinski definition) is 1. The fourth-order valence-corrected chi connectivity index (χ4v) is 1.57. The molecule has 17 heavy (non-hydrogen) atoms. The summed E-state index contributed by atoms with van der Waals surface area (Å²) in [6.07, 6.45) is 8.32. The zero-order valence-electron chi connectivity index (χ0n) is 9.80. The normalized spacial score (nSPS) is 10.9. The van der Waals surface area contributed by atoms with Crippen LogP contribution in [0.4, 0.5) is 5.69 Å². The monoisotopic (exact) mass is 225 g/mol. The van der Waals surface area contributed by atoms with Crippen LogP contribution in [0, 0.1) is 0 Å². The second-order valence-electron chi connectivity index (χ2n) is 3.74. The summed E-state index contributed by atoms with van der Waals surface area (Å²) in [5.74, 6) is 0. The summed E-state index contributed by atoms with van der Waals surface area (Å²) in [6, 6.07) is 7.73. The summed E-state index contributed by atoms with van der Waals surface area (Å²) >= 11 is 0. The van der Waals surface area contributed by atoms with Crippen LogP contribution < -0.4 is 5.73 Å². The van der Waals surface area contributed by atoms with E-state index in [0.717, 1.165) is 29.1 Å². The van der Waals surface area contributed by atoms with Crippen molar-refractivity contribution < 1.29 is 0 Å². The Morgan fingerprint density at radius 2 is 1.76 bits per heavy atom. The first kappa shape index (κ1) is 11.3. The lowest BCUT2D eigenvalue weighted by Crippen LogP contribution is -1.93. The Balaban J connectivity index is 2.22. The molecular formula is C14H15N3. The van der Waals surface area contributed by atoms with E-state index in [4.69, 9.17) is 5.73 Å². The van der Waals surface area contributed by atoms with Crippen LogP contribution in [0.2, 0.25) is 0 Å². The van der Waals surface area contributed by atoms with Gasteiger partial charge in [-0.2, -0.15) is 0 Å². The van der Waals surface area contributed by atoms with Gasteiger partial charge >= 0.3 is 0 Å². The molecule has 2 rings (SSSR count). The highest BCUT2D eigenvalue weighted by Gasteiger charge is 1.98. The van der Waals surface area contributed by atoms with Crippen LogP contribution in [0.1, 0.15) is 23.9 Å². The molecule has 2 N–H and O–H groups in total. The molecule has 0 fully saturated rings. The molecule has 0 aliphatic rings. The van der Waals surface area contributed by atoms with Gasteiger partial charge in [-0.25, -0.2) is 0 Å². The average molecular weight is 225 g/mol. The SMILES string of the molecule is CCc1nccnc1/C=C/c1ccc(N)cc1. The van der Waals surface area contributed by atoms with Crippen molar-refractivity contribution in [3.8, 4) is 0 Å². The van der Waals surface area contributed by atoms with Gasteiger partial charge in [0.2, 0.25) is 0 Å². The molecule has 3 nitrogen and oxygen atoms in total. The van der Waals surface area contributed by atoms with Crippen LogP contribution in [0.15, 0.2) is 36.7 Å². The van der Waals surface area contributed by atoms with E-state index < -0.39 is 0 Å². The zero-order chi connectivity index (χ0) is 12.1. The first-order chi connectivity index (χ1) is 8.29. The minimum absolute atomic E-state index is 0.774. The average Bonchev–Trinajstić information content (AvgIpc) is 2.38. The van der Waals surface area contributed by atoms with E-state index in [2.05, 4.69) is 16.9 Å². The third-order valence-corrected chi connectivity index (χ3v) is 2.51. The minimum Gasteiger partial charge on any atom is -0.399 e. The quantitative estimate of drug-likeness (QED) is 0.817. The standard InChI is InChI=1S/C14H15N3/c1-2-13-14(17-10-9-16-13)8-5-11-3-6-12(15)7-4-11/h3-10H,2,15H2,1H3/b8-5+. The minimum atomic E-state index is 0.774. The molecule has 0 saturated heterocycles. The van der Waals surface area contributed by atoms with Crippen molar-refractivity contribution >= 4 is 17.8 Å². The number of anilines is 1. The number of aryl methyl sites for hydroxylation is 1. The molecule has 2 aromatic rings. The molecule has 0 radical (unpaired) electrons. The third kappa shape index (κ3) is 2.91. The molecule has 0 unspecified atom stereocenters. The van der Waals surface area contributed by atoms with Crippen LogP contribution >= 0.6 is 0 Å². The van der Waals surface area contributed by atoms with Crippen molar-refractivity contribution in [2.24, 2.45) is 0 Å². The summed E-state index contributed by atoms with van der Waals surface area (Å²) in [5.41, 5.74) is 9.45. The summed E-state index contributed by atoms with van der Waals surface area (Å²) < 4.78 is 0. The Hall–Kier alpha value is -2.16. The van der Waals surface area contributed by atoms with Gasteiger partial charge in [-0.3, -0.25) is 9.97 Å². The van der Waals surface area contributed by atoms with E-state index in [1.165, 1.54) is 0 Å². The molecule has 0 saturated carbocycles. The van der Waals surface area contributed by atoms with Crippen LogP contribution in [-0.2, 0) is 6.42 Å². The Bertz CT molecular complexity index is 515. The molecule has 0 aliphatic heterocycles. The predicted octanol–water partition coefficient (Wildman–Crippen LogP) is 2.79. The van der Waals surface area contributed by atoms with Crippen molar-refractivity contribution in [1.29, 1.82) is 0 Å². The van der Waals surface area contributed by atoms with Crippen molar-refractivity contribution in [2.45, 2.75) is 13.3 Å². The number of nitrogens with zero attached hydrogens (tertiary/aromatic N) is 2. The van der Waals surface area contributed by atoms with E-state index >= 15 is 0 Å². The van der Waals surface area contributed by atoms with E-state index in [-0.39, 0.29) is 0 Å². The summed E-state index contributed by atoms with van der Waals surface area (Å²) in [7, 11) is 0. The van der Waals surface area contributed by atoms with E-state index in [0.29, 0.717) is 0 Å². The molecule has 0 spiro atoms. The molecule has 0 bridgehead atoms. The highest BCUT2D eigenvalue weighted by atomic mass is 14.8. The molecule has 0 atom stereocenters. The number of rotatable bonds is 3. The fraction of sp³-hybridized carbons (Fsp3) is 0.143. The van der Waals surface area contributed by atoms with Crippen LogP contribution in [-0.4, -0.2) is 9.97 Å². The highest BCUT2D eigenvalue weighted by Crippen LogP contribution is 2.11. The van der Waals surface area contributed by atoms with Crippen LogP contribution in [0.3, 0.4) is 0 Å². The van der Waals surface area contributed by atoms with Gasteiger partial charge < -0.3 is 5.73 Å². The number of nitrogen functional groups attached to an aromatic ring is 1. The van der Waals surface area contributed by atoms with Crippen LogP contribution in [0.25, 0.3) is 12.2 Å². The van der Waals surface area contributed by atoms with E-state index in [9.17, 15) is 0 Å². The lowest BCUT2D eigenvalue weighted by Gasteiger charge is -2.00. The maximum Gasteiger partial charge on any atom is 0.0845 e. The van der Waals surface area contributed by atoms with Crippen molar-refractivity contribution in [1.82, 2.24) is 9.97 Å². The third-order valence-electron chi connectivity index (χ3n) is 2.51. The second-order valence-corrected chi connectivity index (χ2v) is 3.74. The number of aromatic nitrogens is 2. The number of nitrogens with two attached hydrogens (primary N) is 1. The van der Waals surface area contributed by atoms with Gasteiger partial charge in [0.1, 0.15) is 0 Å². The Morgan fingerprint density at radius 1 is 1.06 bits per heavy atom. The smallest absolute Gasteiger partial charge is 0.0845 e. The van der Waals surface area contributed by atoms with Gasteiger partial charge in [0.15, 0.2) is 0 Å². The Labute approximate surface area is 101 Å². The first-order valence-electron chi connectivity index (χ1n) is 5.63. The molecule has 0 aliphatic carbocycles. The Morgan fingerprint density at radius 3 is 2.47 bits per heavy atom. The molecule has 1 heterocycles. The molecule has 3 heteroatoms. The zero-order valence-corrected chi connectivity index (χ0v) is 9.80. The predicted molar refractivity (Wildman–Crippen MR) is 71.2 cm³/mol. The lowest BCUT2D eigenvalue weighted by molar-refractivity contribution is 0.989. The fourth-order valence-electron chi connectivity index (χ4n) is 1.57. The van der Waals surface area contributed by atoms with Gasteiger partial charge in [-0.15, -0.1) is 0 Å². The second kappa shape index (κ2) is 5.25. The number of benzene rings is 1. The Kier molecular flexibility index (Phi) is 3.50. The molecule has 0 amide bonds. The van der Waals surface area contributed by atoms with E-state index in [1.54, 1.807) is 12.4 Å². The summed E-state index contributed by atoms with van der Waals surface area (Å²) in [4.78, 5) is 8.60. The maximum atomic E-state index is 5.63. The van der Waals surface area contributed by atoms with Crippen molar-refractivity contribution in [3.63, 3.8) is 0 Å². The largest absolute Gasteiger partial charge is 0.399 e. The molecule has 1 aromatic heterocycles. The van der Waals surface area contributed by atoms with E-state index in [1.807, 2.05) is 36.4 Å². The van der Waals surface area contributed by atoms with Gasteiger partial charge in [0, 0.05) is 18.1 Å². The highest BCUT2D eigenvalue weighted by molar-refractivity contribution is 5.69. The lowest BCUT2D eigenvalue weighted by atomic mass is 10.1. The maximum absolute atomic E-state index is 5.63. The van der Waals surface area contributed by atoms with Crippen molar-refractivity contribution in [3.05, 3.63) is 53.6 Å². The van der Waals surface area contributed by atoms with Gasteiger partial charge in [0.05, 0.1) is 11.4 Å². The summed E-state index contributed by atoms with van der Waals surface area (Å²) in [6.45, 7) is 2.07. The number of hydrogen-bond acceptors (Lipinski definition) is 3. The van der Waals surface area contributed by atoms with Gasteiger partial charge in [0.25, 0.3) is 0 Å². The first-order valence-corrected chi connectivity index (χ1v) is 5.63. The molecule has 1 aromatic carbocycles. The molecular weight excluding hydrogens is 210 g/mol. The van der Waals surface area contributed by atoms with Crippen LogP contribution in [0.5, 0.6) is 0 Å².